The van der Waals surface area contributed by atoms with Gasteiger partial charge in [-0.3, -0.25) is 4.79 Å². The van der Waals surface area contributed by atoms with Gasteiger partial charge in [0, 0.05) is 29.9 Å². The summed E-state index contributed by atoms with van der Waals surface area (Å²) in [6.07, 6.45) is 2.40. The fourth-order valence-electron chi connectivity index (χ4n) is 2.34. The van der Waals surface area contributed by atoms with Gasteiger partial charge in [-0.2, -0.15) is 0 Å². The van der Waals surface area contributed by atoms with Crippen LogP contribution >= 0.6 is 0 Å². The number of rotatable bonds is 6. The third-order valence-electron chi connectivity index (χ3n) is 3.33. The third-order valence-corrected chi connectivity index (χ3v) is 3.33. The number of aliphatic carboxylic acids is 1. The van der Waals surface area contributed by atoms with E-state index in [1.165, 1.54) is 0 Å². The highest BCUT2D eigenvalue weighted by Crippen LogP contribution is 2.19. The molecule has 1 aromatic carbocycles. The number of nitrogens with one attached hydrogen (secondary N) is 2. The van der Waals surface area contributed by atoms with Crippen LogP contribution < -0.4 is 5.32 Å². The van der Waals surface area contributed by atoms with Gasteiger partial charge in [0.05, 0.1) is 0 Å². The standard InChI is InChI=1S/C16H20N2O3/c1-10(2)7-15(19)18-14(16(20)21)8-11-9-17-13-6-4-3-5-12(11)13/h3-6,9-10,14,17H,7-8H2,1-2H3,(H,18,19)(H,20,21)/t14-/m1/s1. The molecule has 1 aromatic heterocycles. The molecule has 0 saturated carbocycles. The molecule has 0 spiro atoms. The van der Waals surface area contributed by atoms with E-state index in [4.69, 9.17) is 0 Å². The Bertz CT molecular complexity index is 646. The summed E-state index contributed by atoms with van der Waals surface area (Å²) in [5.74, 6) is -1.04. The Morgan fingerprint density at radius 2 is 2.00 bits per heavy atom. The van der Waals surface area contributed by atoms with Gasteiger partial charge in [0.2, 0.25) is 5.91 Å². The van der Waals surface area contributed by atoms with Crippen molar-refractivity contribution in [2.45, 2.75) is 32.7 Å². The first-order valence-electron chi connectivity index (χ1n) is 7.04. The molecular formula is C16H20N2O3. The zero-order valence-corrected chi connectivity index (χ0v) is 12.2. The van der Waals surface area contributed by atoms with Crippen molar-refractivity contribution in [2.75, 3.05) is 0 Å². The average molecular weight is 288 g/mol. The summed E-state index contributed by atoms with van der Waals surface area (Å²) in [7, 11) is 0. The minimum atomic E-state index is -1.02. The number of carbonyl (C=O) groups is 2. The fourth-order valence-corrected chi connectivity index (χ4v) is 2.34. The van der Waals surface area contributed by atoms with Gasteiger partial charge in [-0.15, -0.1) is 0 Å². The predicted octanol–water partition coefficient (Wildman–Crippen LogP) is 2.33. The molecule has 1 atom stereocenters. The second-order valence-electron chi connectivity index (χ2n) is 5.62. The molecule has 0 radical (unpaired) electrons. The molecule has 0 aliphatic rings. The predicted molar refractivity (Wildman–Crippen MR) is 81.0 cm³/mol. The van der Waals surface area contributed by atoms with Gasteiger partial charge in [0.1, 0.15) is 6.04 Å². The summed E-state index contributed by atoms with van der Waals surface area (Å²) >= 11 is 0. The number of hydrogen-bond donors (Lipinski definition) is 3. The van der Waals surface area contributed by atoms with Gasteiger partial charge in [0.15, 0.2) is 0 Å². The molecule has 2 aromatic rings. The van der Waals surface area contributed by atoms with Crippen LogP contribution in [-0.2, 0) is 16.0 Å². The second-order valence-corrected chi connectivity index (χ2v) is 5.62. The molecule has 5 nitrogen and oxygen atoms in total. The number of H-pyrrole nitrogens is 1. The van der Waals surface area contributed by atoms with Crippen LogP contribution in [0.5, 0.6) is 0 Å². The number of aromatic nitrogens is 1. The first kappa shape index (κ1) is 15.1. The normalized spacial score (nSPS) is 12.5. The van der Waals surface area contributed by atoms with E-state index in [2.05, 4.69) is 10.3 Å². The molecule has 0 fully saturated rings. The molecule has 0 bridgehead atoms. The molecule has 1 heterocycles. The summed E-state index contributed by atoms with van der Waals surface area (Å²) in [5, 5.41) is 12.9. The highest BCUT2D eigenvalue weighted by atomic mass is 16.4. The van der Waals surface area contributed by atoms with Crippen molar-refractivity contribution in [2.24, 2.45) is 5.92 Å². The summed E-state index contributed by atoms with van der Waals surface area (Å²) in [6, 6.07) is 6.80. The van der Waals surface area contributed by atoms with E-state index in [1.807, 2.05) is 38.1 Å². The first-order chi connectivity index (χ1) is 9.97. The lowest BCUT2D eigenvalue weighted by atomic mass is 10.0. The largest absolute Gasteiger partial charge is 0.480 e. The lowest BCUT2D eigenvalue weighted by Gasteiger charge is -2.15. The number of amides is 1. The number of aromatic amines is 1. The molecule has 0 aliphatic carbocycles. The number of para-hydroxylation sites is 1. The number of benzene rings is 1. The molecule has 3 N–H and O–H groups in total. The monoisotopic (exact) mass is 288 g/mol. The van der Waals surface area contributed by atoms with E-state index in [0.29, 0.717) is 6.42 Å². The zero-order valence-electron chi connectivity index (χ0n) is 12.2. The van der Waals surface area contributed by atoms with E-state index in [0.717, 1.165) is 16.5 Å². The third kappa shape index (κ3) is 3.84. The van der Waals surface area contributed by atoms with Crippen LogP contribution in [0.3, 0.4) is 0 Å². The highest BCUT2D eigenvalue weighted by molar-refractivity contribution is 5.86. The molecule has 0 aliphatic heterocycles. The lowest BCUT2D eigenvalue weighted by Crippen LogP contribution is -2.42. The maximum absolute atomic E-state index is 11.8. The number of carboxylic acid groups (broad SMARTS) is 1. The zero-order chi connectivity index (χ0) is 15.4. The summed E-state index contributed by atoms with van der Waals surface area (Å²) < 4.78 is 0. The number of carbonyl (C=O) groups excluding carboxylic acids is 1. The Hall–Kier alpha value is -2.30. The van der Waals surface area contributed by atoms with Crippen molar-refractivity contribution in [1.82, 2.24) is 10.3 Å². The topological polar surface area (TPSA) is 82.2 Å². The van der Waals surface area contributed by atoms with Gasteiger partial charge in [0.25, 0.3) is 0 Å². The van der Waals surface area contributed by atoms with Crippen molar-refractivity contribution in [3.63, 3.8) is 0 Å². The van der Waals surface area contributed by atoms with Crippen molar-refractivity contribution in [1.29, 1.82) is 0 Å². The number of carboxylic acids is 1. The molecule has 5 heteroatoms. The van der Waals surface area contributed by atoms with E-state index in [9.17, 15) is 14.7 Å². The SMILES string of the molecule is CC(C)CC(=O)N[C@H](Cc1c[nH]c2ccccc12)C(=O)O. The molecule has 1 amide bonds. The van der Waals surface area contributed by atoms with Crippen molar-refractivity contribution in [3.8, 4) is 0 Å². The van der Waals surface area contributed by atoms with Crippen LogP contribution in [0, 0.1) is 5.92 Å². The van der Waals surface area contributed by atoms with Gasteiger partial charge in [-0.05, 0) is 17.5 Å². The Morgan fingerprint density at radius 3 is 2.67 bits per heavy atom. The van der Waals surface area contributed by atoms with E-state index in [-0.39, 0.29) is 18.2 Å². The quantitative estimate of drug-likeness (QED) is 0.763. The molecule has 0 unspecified atom stereocenters. The van der Waals surface area contributed by atoms with Crippen LogP contribution in [0.1, 0.15) is 25.8 Å². The Balaban J connectivity index is 2.13. The first-order valence-corrected chi connectivity index (χ1v) is 7.04. The van der Waals surface area contributed by atoms with Gasteiger partial charge >= 0.3 is 5.97 Å². The van der Waals surface area contributed by atoms with Crippen LogP contribution in [0.25, 0.3) is 10.9 Å². The summed E-state index contributed by atoms with van der Waals surface area (Å²) in [4.78, 5) is 26.2. The van der Waals surface area contributed by atoms with Crippen LogP contribution in [-0.4, -0.2) is 28.0 Å². The highest BCUT2D eigenvalue weighted by Gasteiger charge is 2.22. The summed E-state index contributed by atoms with van der Waals surface area (Å²) in [5.41, 5.74) is 1.85. The molecule has 112 valence electrons. The van der Waals surface area contributed by atoms with Gasteiger partial charge < -0.3 is 15.4 Å². The Labute approximate surface area is 123 Å². The molecular weight excluding hydrogens is 268 g/mol. The van der Waals surface area contributed by atoms with E-state index in [1.54, 1.807) is 6.20 Å². The lowest BCUT2D eigenvalue weighted by molar-refractivity contribution is -0.141. The second kappa shape index (κ2) is 6.43. The van der Waals surface area contributed by atoms with Crippen LogP contribution in [0.15, 0.2) is 30.5 Å². The average Bonchev–Trinajstić information content (AvgIpc) is 2.80. The van der Waals surface area contributed by atoms with Gasteiger partial charge in [-0.1, -0.05) is 32.0 Å². The number of fused-ring (bicyclic) bond motifs is 1. The maximum Gasteiger partial charge on any atom is 0.326 e. The molecule has 2 rings (SSSR count). The number of hydrogen-bond acceptors (Lipinski definition) is 2. The van der Waals surface area contributed by atoms with Crippen molar-refractivity contribution >= 4 is 22.8 Å². The maximum atomic E-state index is 11.8. The van der Waals surface area contributed by atoms with Gasteiger partial charge in [-0.25, -0.2) is 4.79 Å². The van der Waals surface area contributed by atoms with E-state index < -0.39 is 12.0 Å². The minimum Gasteiger partial charge on any atom is -0.480 e. The Morgan fingerprint density at radius 1 is 1.29 bits per heavy atom. The molecule has 21 heavy (non-hydrogen) atoms. The van der Waals surface area contributed by atoms with Crippen LogP contribution in [0.4, 0.5) is 0 Å². The van der Waals surface area contributed by atoms with Crippen molar-refractivity contribution in [3.05, 3.63) is 36.0 Å². The minimum absolute atomic E-state index is 0.201. The van der Waals surface area contributed by atoms with Crippen LogP contribution in [0.2, 0.25) is 0 Å². The Kier molecular flexibility index (Phi) is 4.62. The fraction of sp³-hybridized carbons (Fsp3) is 0.375. The summed E-state index contributed by atoms with van der Waals surface area (Å²) in [6.45, 7) is 3.85. The van der Waals surface area contributed by atoms with E-state index >= 15 is 0 Å². The van der Waals surface area contributed by atoms with Crippen molar-refractivity contribution < 1.29 is 14.7 Å². The molecule has 0 saturated heterocycles. The smallest absolute Gasteiger partial charge is 0.326 e.